The summed E-state index contributed by atoms with van der Waals surface area (Å²) in [4.78, 5) is 12.3. The highest BCUT2D eigenvalue weighted by Gasteiger charge is 2.26. The Hall–Kier alpha value is -1.38. The summed E-state index contributed by atoms with van der Waals surface area (Å²) in [6.07, 6.45) is 5.91. The van der Waals surface area contributed by atoms with Crippen LogP contribution in [0.15, 0.2) is 24.7 Å². The molecule has 6 nitrogen and oxygen atoms in total. The molecule has 1 N–H and O–H groups in total. The second-order valence-corrected chi connectivity index (χ2v) is 7.93. The number of hydrogen-bond acceptors (Lipinski definition) is 3. The highest BCUT2D eigenvalue weighted by atomic mass is 127. The van der Waals surface area contributed by atoms with Crippen molar-refractivity contribution in [2.45, 2.75) is 53.2 Å². The van der Waals surface area contributed by atoms with Gasteiger partial charge in [0.25, 0.3) is 0 Å². The quantitative estimate of drug-likeness (QED) is 0.719. The van der Waals surface area contributed by atoms with Gasteiger partial charge in [-0.15, -0.1) is 0 Å². The number of halogens is 1. The first-order valence-electron chi connectivity index (χ1n) is 7.72. The molecule has 0 aromatic carbocycles. The zero-order chi connectivity index (χ0) is 17.0. The van der Waals surface area contributed by atoms with Gasteiger partial charge in [-0.05, 0) is 41.0 Å². The van der Waals surface area contributed by atoms with Crippen molar-refractivity contribution >= 4 is 28.5 Å². The molecule has 1 atom stereocenters. The maximum atomic E-state index is 12.3. The van der Waals surface area contributed by atoms with E-state index in [1.807, 2.05) is 34.7 Å². The molecule has 0 bridgehead atoms. The fraction of sp³-hybridized carbons (Fsp3) is 0.562. The van der Waals surface area contributed by atoms with Crippen LogP contribution in [-0.4, -0.2) is 31.5 Å². The molecule has 0 spiro atoms. The van der Waals surface area contributed by atoms with E-state index in [0.717, 1.165) is 9.26 Å². The lowest BCUT2D eigenvalue weighted by molar-refractivity contribution is -0.123. The van der Waals surface area contributed by atoms with Gasteiger partial charge in [-0.3, -0.25) is 14.2 Å². The lowest BCUT2D eigenvalue weighted by Gasteiger charge is -2.31. The van der Waals surface area contributed by atoms with E-state index >= 15 is 0 Å². The molecule has 0 aliphatic carbocycles. The minimum Gasteiger partial charge on any atom is -0.351 e. The molecule has 126 valence electrons. The lowest BCUT2D eigenvalue weighted by atomic mass is 9.86. The maximum Gasteiger partial charge on any atom is 0.222 e. The summed E-state index contributed by atoms with van der Waals surface area (Å²) >= 11 is 2.25. The Labute approximate surface area is 150 Å². The molecule has 2 rings (SSSR count). The van der Waals surface area contributed by atoms with Gasteiger partial charge in [-0.25, -0.2) is 0 Å². The average Bonchev–Trinajstić information content (AvgIpc) is 3.07. The van der Waals surface area contributed by atoms with Crippen LogP contribution in [0, 0.1) is 15.9 Å². The highest BCUT2D eigenvalue weighted by Crippen LogP contribution is 2.21. The summed E-state index contributed by atoms with van der Waals surface area (Å²) in [5.41, 5.74) is 1.06. The fourth-order valence-electron chi connectivity index (χ4n) is 2.25. The number of carbonyl (C=O) groups is 1. The Balaban J connectivity index is 1.93. The molecule has 7 heteroatoms. The van der Waals surface area contributed by atoms with Crippen LogP contribution in [0.5, 0.6) is 0 Å². The van der Waals surface area contributed by atoms with Crippen molar-refractivity contribution in [2.75, 3.05) is 0 Å². The fourth-order valence-corrected chi connectivity index (χ4v) is 2.66. The van der Waals surface area contributed by atoms with E-state index in [-0.39, 0.29) is 17.4 Å². The molecule has 0 radical (unpaired) electrons. The first-order valence-corrected chi connectivity index (χ1v) is 8.80. The second kappa shape index (κ2) is 7.46. The predicted octanol–water partition coefficient (Wildman–Crippen LogP) is 2.61. The smallest absolute Gasteiger partial charge is 0.222 e. The Morgan fingerprint density at radius 1 is 1.39 bits per heavy atom. The van der Waals surface area contributed by atoms with E-state index in [2.05, 4.69) is 58.9 Å². The van der Waals surface area contributed by atoms with Crippen LogP contribution in [0.1, 0.15) is 32.9 Å². The number of carbonyl (C=O) groups excluding carboxylic acids is 1. The molecule has 0 aliphatic rings. The van der Waals surface area contributed by atoms with Crippen molar-refractivity contribution in [3.05, 3.63) is 33.9 Å². The monoisotopic (exact) mass is 429 g/mol. The van der Waals surface area contributed by atoms with Gasteiger partial charge in [-0.1, -0.05) is 20.8 Å². The first-order chi connectivity index (χ1) is 10.8. The van der Waals surface area contributed by atoms with Crippen molar-refractivity contribution in [3.8, 4) is 0 Å². The van der Waals surface area contributed by atoms with Crippen LogP contribution in [0.3, 0.4) is 0 Å². The molecule has 2 aromatic heterocycles. The van der Waals surface area contributed by atoms with Gasteiger partial charge in [0.05, 0.1) is 22.4 Å². The maximum absolute atomic E-state index is 12.3. The van der Waals surface area contributed by atoms with Crippen molar-refractivity contribution in [2.24, 2.45) is 5.41 Å². The number of aromatic nitrogens is 4. The zero-order valence-corrected chi connectivity index (χ0v) is 16.2. The third kappa shape index (κ3) is 5.05. The summed E-state index contributed by atoms with van der Waals surface area (Å²) in [6.45, 7) is 9.66. The van der Waals surface area contributed by atoms with Crippen LogP contribution >= 0.6 is 22.6 Å². The Morgan fingerprint density at radius 2 is 2.13 bits per heavy atom. The molecule has 23 heavy (non-hydrogen) atoms. The standard InChI is InChI=1S/C16H24IN5O/c1-12-13(17)10-19-22(12)9-6-15(23)20-14(16(2,3)4)11-21-8-5-7-18-21/h5,7-8,10,14H,6,9,11H2,1-4H3,(H,20,23). The number of nitrogens with zero attached hydrogens (tertiary/aromatic N) is 4. The molecule has 1 amide bonds. The number of hydrogen-bond donors (Lipinski definition) is 1. The van der Waals surface area contributed by atoms with Crippen LogP contribution in [-0.2, 0) is 17.9 Å². The topological polar surface area (TPSA) is 64.7 Å². The minimum atomic E-state index is -0.0431. The zero-order valence-electron chi connectivity index (χ0n) is 14.1. The number of rotatable bonds is 6. The third-order valence-corrected chi connectivity index (χ3v) is 4.96. The van der Waals surface area contributed by atoms with Gasteiger partial charge in [-0.2, -0.15) is 10.2 Å². The minimum absolute atomic E-state index is 0.0220. The highest BCUT2D eigenvalue weighted by molar-refractivity contribution is 14.1. The number of amides is 1. The molecule has 0 fully saturated rings. The molecule has 0 aliphatic heterocycles. The molecular weight excluding hydrogens is 405 g/mol. The SMILES string of the molecule is Cc1c(I)cnn1CCC(=O)NC(Cn1cccn1)C(C)(C)C. The van der Waals surface area contributed by atoms with Crippen LogP contribution in [0.4, 0.5) is 0 Å². The lowest BCUT2D eigenvalue weighted by Crippen LogP contribution is -2.46. The predicted molar refractivity (Wildman–Crippen MR) is 97.9 cm³/mol. The van der Waals surface area contributed by atoms with Crippen LogP contribution < -0.4 is 5.32 Å². The summed E-state index contributed by atoms with van der Waals surface area (Å²) in [5.74, 6) is 0.0435. The van der Waals surface area contributed by atoms with Gasteiger partial charge in [0.2, 0.25) is 5.91 Å². The largest absolute Gasteiger partial charge is 0.351 e. The van der Waals surface area contributed by atoms with E-state index < -0.39 is 0 Å². The molecule has 2 heterocycles. The van der Waals surface area contributed by atoms with Gasteiger partial charge in [0, 0.05) is 31.1 Å². The summed E-state index contributed by atoms with van der Waals surface area (Å²) in [5, 5.41) is 11.7. The normalized spacial score (nSPS) is 13.1. The Morgan fingerprint density at radius 3 is 2.65 bits per heavy atom. The molecular formula is C16H24IN5O. The molecule has 2 aromatic rings. The van der Waals surface area contributed by atoms with Gasteiger partial charge in [0.1, 0.15) is 0 Å². The third-order valence-electron chi connectivity index (χ3n) is 3.90. The van der Waals surface area contributed by atoms with E-state index in [1.165, 1.54) is 0 Å². The molecule has 1 unspecified atom stereocenters. The molecule has 0 saturated heterocycles. The number of aryl methyl sites for hydroxylation is 1. The van der Waals surface area contributed by atoms with E-state index in [9.17, 15) is 4.79 Å². The Kier molecular flexibility index (Phi) is 5.83. The van der Waals surface area contributed by atoms with Crippen LogP contribution in [0.25, 0.3) is 0 Å². The first kappa shape index (κ1) is 18.0. The summed E-state index contributed by atoms with van der Waals surface area (Å²) in [6, 6.07) is 1.91. The van der Waals surface area contributed by atoms with Crippen molar-refractivity contribution in [1.29, 1.82) is 0 Å². The van der Waals surface area contributed by atoms with Gasteiger partial charge >= 0.3 is 0 Å². The van der Waals surface area contributed by atoms with E-state index in [0.29, 0.717) is 19.5 Å². The summed E-state index contributed by atoms with van der Waals surface area (Å²) < 4.78 is 4.85. The van der Waals surface area contributed by atoms with Crippen molar-refractivity contribution < 1.29 is 4.79 Å². The van der Waals surface area contributed by atoms with Crippen molar-refractivity contribution in [1.82, 2.24) is 24.9 Å². The average molecular weight is 429 g/mol. The van der Waals surface area contributed by atoms with Gasteiger partial charge < -0.3 is 5.32 Å². The van der Waals surface area contributed by atoms with Crippen LogP contribution in [0.2, 0.25) is 0 Å². The van der Waals surface area contributed by atoms with E-state index in [4.69, 9.17) is 0 Å². The second-order valence-electron chi connectivity index (χ2n) is 6.77. The molecule has 0 saturated carbocycles. The summed E-state index contributed by atoms with van der Waals surface area (Å²) in [7, 11) is 0. The van der Waals surface area contributed by atoms with Crippen molar-refractivity contribution in [3.63, 3.8) is 0 Å². The Bertz CT molecular complexity index is 642. The van der Waals surface area contributed by atoms with E-state index in [1.54, 1.807) is 6.20 Å². The van der Waals surface area contributed by atoms with Gasteiger partial charge in [0.15, 0.2) is 0 Å². The number of nitrogens with one attached hydrogen (secondary N) is 1.